The fraction of sp³-hybridized carbons (Fsp3) is 0.200. The number of pyridine rings is 1. The highest BCUT2D eigenvalue weighted by atomic mass is 32.2. The number of hydrogen-bond acceptors (Lipinski definition) is 5. The Labute approximate surface area is 96.2 Å². The number of rotatable bonds is 3. The zero-order valence-electron chi connectivity index (χ0n) is 8.17. The van der Waals surface area contributed by atoms with Crippen LogP contribution in [0.3, 0.4) is 0 Å². The van der Waals surface area contributed by atoms with Crippen LogP contribution in [0.5, 0.6) is 0 Å². The van der Waals surface area contributed by atoms with Crippen LogP contribution in [0.4, 0.5) is 0 Å². The molecule has 1 N–H and O–H groups in total. The van der Waals surface area contributed by atoms with Gasteiger partial charge in [-0.2, -0.15) is 0 Å². The van der Waals surface area contributed by atoms with Crippen LogP contribution in [-0.2, 0) is 6.61 Å². The molecule has 78 valence electrons. The average molecular weight is 238 g/mol. The maximum atomic E-state index is 9.13. The number of aromatic nitrogens is 2. The van der Waals surface area contributed by atoms with Gasteiger partial charge < -0.3 is 5.11 Å². The lowest BCUT2D eigenvalue weighted by atomic mass is 10.3. The fourth-order valence-corrected chi connectivity index (χ4v) is 2.92. The first-order valence-electron chi connectivity index (χ1n) is 4.44. The summed E-state index contributed by atoms with van der Waals surface area (Å²) in [5.41, 5.74) is 1.86. The van der Waals surface area contributed by atoms with Gasteiger partial charge in [0.15, 0.2) is 4.34 Å². The molecule has 5 heteroatoms. The topological polar surface area (TPSA) is 46.0 Å². The molecular weight excluding hydrogens is 228 g/mol. The summed E-state index contributed by atoms with van der Waals surface area (Å²) in [5.74, 6) is 0. The van der Waals surface area contributed by atoms with Gasteiger partial charge in [-0.1, -0.05) is 6.07 Å². The average Bonchev–Trinajstić information content (AvgIpc) is 2.65. The SMILES string of the molecule is Cc1csc(Sc2ncccc2CO)n1. The van der Waals surface area contributed by atoms with Crippen molar-refractivity contribution in [1.29, 1.82) is 0 Å². The Balaban J connectivity index is 2.23. The van der Waals surface area contributed by atoms with E-state index in [4.69, 9.17) is 5.11 Å². The molecule has 0 bridgehead atoms. The van der Waals surface area contributed by atoms with Crippen molar-refractivity contribution in [2.24, 2.45) is 0 Å². The predicted octanol–water partition coefficient (Wildman–Crippen LogP) is 2.49. The second-order valence-electron chi connectivity index (χ2n) is 2.98. The molecule has 2 rings (SSSR count). The summed E-state index contributed by atoms with van der Waals surface area (Å²) in [5, 5.41) is 12.0. The van der Waals surface area contributed by atoms with Gasteiger partial charge in [-0.05, 0) is 24.8 Å². The molecular formula is C10H10N2OS2. The van der Waals surface area contributed by atoms with Crippen LogP contribution in [0.15, 0.2) is 33.1 Å². The number of aryl methyl sites for hydroxylation is 1. The molecule has 2 aromatic heterocycles. The minimum Gasteiger partial charge on any atom is -0.392 e. The third-order valence-corrected chi connectivity index (χ3v) is 3.92. The van der Waals surface area contributed by atoms with Gasteiger partial charge in [-0.25, -0.2) is 9.97 Å². The normalized spacial score (nSPS) is 10.5. The largest absolute Gasteiger partial charge is 0.392 e. The summed E-state index contributed by atoms with van der Waals surface area (Å²) in [7, 11) is 0. The van der Waals surface area contributed by atoms with E-state index in [-0.39, 0.29) is 6.61 Å². The van der Waals surface area contributed by atoms with E-state index in [0.717, 1.165) is 20.6 Å². The fourth-order valence-electron chi connectivity index (χ4n) is 1.10. The Morgan fingerprint density at radius 2 is 2.40 bits per heavy atom. The summed E-state index contributed by atoms with van der Waals surface area (Å²) < 4.78 is 0.959. The first kappa shape index (κ1) is 10.6. The highest BCUT2D eigenvalue weighted by Crippen LogP contribution is 2.30. The molecule has 0 saturated heterocycles. The van der Waals surface area contributed by atoms with Crippen molar-refractivity contribution in [1.82, 2.24) is 9.97 Å². The first-order chi connectivity index (χ1) is 7.29. The Kier molecular flexibility index (Phi) is 3.35. The molecule has 0 saturated carbocycles. The number of aliphatic hydroxyl groups is 1. The summed E-state index contributed by atoms with van der Waals surface area (Å²) in [6.07, 6.45) is 1.72. The summed E-state index contributed by atoms with van der Waals surface area (Å²) >= 11 is 3.09. The van der Waals surface area contributed by atoms with Crippen molar-refractivity contribution in [3.8, 4) is 0 Å². The maximum absolute atomic E-state index is 9.13. The molecule has 0 spiro atoms. The van der Waals surface area contributed by atoms with Gasteiger partial charge in [0.1, 0.15) is 5.03 Å². The molecule has 0 aliphatic heterocycles. The standard InChI is InChI=1S/C10H10N2OS2/c1-7-6-14-10(12-7)15-9-8(5-13)3-2-4-11-9/h2-4,6,13H,5H2,1H3. The van der Waals surface area contributed by atoms with Gasteiger partial charge in [0.2, 0.25) is 0 Å². The summed E-state index contributed by atoms with van der Waals surface area (Å²) in [6, 6.07) is 3.69. The second kappa shape index (κ2) is 4.74. The lowest BCUT2D eigenvalue weighted by Gasteiger charge is -2.02. The Morgan fingerprint density at radius 3 is 3.07 bits per heavy atom. The summed E-state index contributed by atoms with van der Waals surface area (Å²) in [6.45, 7) is 1.98. The summed E-state index contributed by atoms with van der Waals surface area (Å²) in [4.78, 5) is 8.56. The smallest absolute Gasteiger partial charge is 0.156 e. The highest BCUT2D eigenvalue weighted by molar-refractivity contribution is 8.01. The number of aliphatic hydroxyl groups excluding tert-OH is 1. The number of hydrogen-bond donors (Lipinski definition) is 1. The molecule has 0 aromatic carbocycles. The first-order valence-corrected chi connectivity index (χ1v) is 6.14. The van der Waals surface area contributed by atoms with Gasteiger partial charge in [0.05, 0.1) is 6.61 Å². The van der Waals surface area contributed by atoms with E-state index in [1.165, 1.54) is 11.8 Å². The zero-order chi connectivity index (χ0) is 10.7. The van der Waals surface area contributed by atoms with Gasteiger partial charge >= 0.3 is 0 Å². The lowest BCUT2D eigenvalue weighted by molar-refractivity contribution is 0.278. The molecule has 0 aliphatic rings. The van der Waals surface area contributed by atoms with Crippen LogP contribution in [0, 0.1) is 6.92 Å². The van der Waals surface area contributed by atoms with Gasteiger partial charge in [-0.3, -0.25) is 0 Å². The van der Waals surface area contributed by atoms with Gasteiger partial charge in [0.25, 0.3) is 0 Å². The molecule has 0 fully saturated rings. The van der Waals surface area contributed by atoms with Crippen molar-refractivity contribution in [2.75, 3.05) is 0 Å². The zero-order valence-corrected chi connectivity index (χ0v) is 9.81. The number of nitrogens with zero attached hydrogens (tertiary/aromatic N) is 2. The Morgan fingerprint density at radius 1 is 1.53 bits per heavy atom. The Bertz CT molecular complexity index is 456. The monoisotopic (exact) mass is 238 g/mol. The van der Waals surface area contributed by atoms with Crippen molar-refractivity contribution >= 4 is 23.1 Å². The van der Waals surface area contributed by atoms with Crippen LogP contribution in [-0.4, -0.2) is 15.1 Å². The molecule has 0 amide bonds. The van der Waals surface area contributed by atoms with Crippen LogP contribution in [0.25, 0.3) is 0 Å². The predicted molar refractivity (Wildman–Crippen MR) is 61.1 cm³/mol. The van der Waals surface area contributed by atoms with E-state index in [1.54, 1.807) is 17.5 Å². The van der Waals surface area contributed by atoms with Crippen LogP contribution < -0.4 is 0 Å². The van der Waals surface area contributed by atoms with E-state index >= 15 is 0 Å². The van der Waals surface area contributed by atoms with Crippen molar-refractivity contribution in [3.63, 3.8) is 0 Å². The minimum absolute atomic E-state index is 0.0144. The quantitative estimate of drug-likeness (QED) is 0.892. The lowest BCUT2D eigenvalue weighted by Crippen LogP contribution is -1.89. The molecule has 0 radical (unpaired) electrons. The van der Waals surface area contributed by atoms with Crippen LogP contribution >= 0.6 is 23.1 Å². The molecule has 0 aliphatic carbocycles. The van der Waals surface area contributed by atoms with E-state index in [1.807, 2.05) is 24.4 Å². The molecule has 3 nitrogen and oxygen atoms in total. The molecule has 2 heterocycles. The van der Waals surface area contributed by atoms with Crippen molar-refractivity contribution in [2.45, 2.75) is 22.9 Å². The van der Waals surface area contributed by atoms with E-state index in [9.17, 15) is 0 Å². The Hall–Kier alpha value is -0.910. The molecule has 15 heavy (non-hydrogen) atoms. The third kappa shape index (κ3) is 2.56. The second-order valence-corrected chi connectivity index (χ2v) is 5.08. The van der Waals surface area contributed by atoms with Crippen molar-refractivity contribution < 1.29 is 5.11 Å². The van der Waals surface area contributed by atoms with E-state index in [2.05, 4.69) is 9.97 Å². The molecule has 0 unspecified atom stereocenters. The molecule has 0 atom stereocenters. The van der Waals surface area contributed by atoms with Crippen LogP contribution in [0.1, 0.15) is 11.3 Å². The van der Waals surface area contributed by atoms with Gasteiger partial charge in [-0.15, -0.1) is 11.3 Å². The van der Waals surface area contributed by atoms with Crippen LogP contribution in [0.2, 0.25) is 0 Å². The van der Waals surface area contributed by atoms with E-state index in [0.29, 0.717) is 0 Å². The van der Waals surface area contributed by atoms with E-state index < -0.39 is 0 Å². The highest BCUT2D eigenvalue weighted by Gasteiger charge is 2.06. The maximum Gasteiger partial charge on any atom is 0.156 e. The minimum atomic E-state index is 0.0144. The van der Waals surface area contributed by atoms with Gasteiger partial charge in [0, 0.05) is 22.8 Å². The third-order valence-electron chi connectivity index (χ3n) is 1.80. The van der Waals surface area contributed by atoms with Crippen molar-refractivity contribution in [3.05, 3.63) is 35.0 Å². The number of thiazole rings is 1. The molecule has 2 aromatic rings.